The van der Waals surface area contributed by atoms with Crippen LogP contribution in [0.3, 0.4) is 0 Å². The van der Waals surface area contributed by atoms with Crippen LogP contribution in [-0.2, 0) is 0 Å². The molecule has 1 aliphatic rings. The van der Waals surface area contributed by atoms with Gasteiger partial charge in [0.05, 0.1) is 6.61 Å². The average molecular weight is 276 g/mol. The van der Waals surface area contributed by atoms with Gasteiger partial charge in [0.2, 0.25) is 0 Å². The molecule has 1 saturated carbocycles. The van der Waals surface area contributed by atoms with Crippen LogP contribution in [-0.4, -0.2) is 31.1 Å². The van der Waals surface area contributed by atoms with Crippen LogP contribution in [0, 0.1) is 0 Å². The molecule has 0 spiro atoms. The highest BCUT2D eigenvalue weighted by molar-refractivity contribution is 5.29. The summed E-state index contributed by atoms with van der Waals surface area (Å²) in [5, 5.41) is 0. The van der Waals surface area contributed by atoms with Gasteiger partial charge in [0.15, 0.2) is 0 Å². The molecule has 0 radical (unpaired) electrons. The van der Waals surface area contributed by atoms with Crippen LogP contribution in [0.1, 0.15) is 50.6 Å². The van der Waals surface area contributed by atoms with Gasteiger partial charge in [-0.15, -0.1) is 0 Å². The van der Waals surface area contributed by atoms with Crippen LogP contribution >= 0.6 is 0 Å². The summed E-state index contributed by atoms with van der Waals surface area (Å²) >= 11 is 0. The molecule has 2 N–H and O–H groups in total. The van der Waals surface area contributed by atoms with E-state index >= 15 is 0 Å². The van der Waals surface area contributed by atoms with Crippen LogP contribution in [0.2, 0.25) is 0 Å². The Kier molecular flexibility index (Phi) is 5.86. The summed E-state index contributed by atoms with van der Waals surface area (Å²) in [5.41, 5.74) is 7.32. The molecule has 1 aromatic rings. The van der Waals surface area contributed by atoms with E-state index in [1.165, 1.54) is 31.2 Å². The molecular weight excluding hydrogens is 248 g/mol. The minimum atomic E-state index is 0.318. The Hall–Kier alpha value is -1.06. The van der Waals surface area contributed by atoms with E-state index in [4.69, 9.17) is 10.5 Å². The molecule has 20 heavy (non-hydrogen) atoms. The SMILES string of the molecule is CCCOc1ccc(C(CN)N(C)C2CCCC2)cc1. The number of nitrogens with zero attached hydrogens (tertiary/aromatic N) is 1. The van der Waals surface area contributed by atoms with Gasteiger partial charge in [-0.05, 0) is 44.0 Å². The van der Waals surface area contributed by atoms with Crippen molar-refractivity contribution in [3.05, 3.63) is 29.8 Å². The lowest BCUT2D eigenvalue weighted by atomic mass is 10.0. The third kappa shape index (κ3) is 3.74. The molecule has 0 heterocycles. The zero-order valence-corrected chi connectivity index (χ0v) is 12.8. The molecule has 1 unspecified atom stereocenters. The smallest absolute Gasteiger partial charge is 0.119 e. The van der Waals surface area contributed by atoms with Crippen LogP contribution in [0.25, 0.3) is 0 Å². The third-order valence-electron chi connectivity index (χ3n) is 4.35. The van der Waals surface area contributed by atoms with E-state index in [-0.39, 0.29) is 0 Å². The van der Waals surface area contributed by atoms with Gasteiger partial charge in [-0.1, -0.05) is 31.9 Å². The molecular formula is C17H28N2O. The van der Waals surface area contributed by atoms with Crippen LogP contribution in [0.4, 0.5) is 0 Å². The number of likely N-dealkylation sites (N-methyl/N-ethyl adjacent to an activating group) is 1. The molecule has 1 atom stereocenters. The van der Waals surface area contributed by atoms with E-state index in [0.29, 0.717) is 18.6 Å². The first kappa shape index (κ1) is 15.3. The molecule has 2 rings (SSSR count). The summed E-state index contributed by atoms with van der Waals surface area (Å²) in [6.07, 6.45) is 6.37. The second-order valence-electron chi connectivity index (χ2n) is 5.77. The monoisotopic (exact) mass is 276 g/mol. The summed E-state index contributed by atoms with van der Waals surface area (Å²) in [4.78, 5) is 2.47. The lowest BCUT2D eigenvalue weighted by Crippen LogP contribution is -2.37. The Morgan fingerprint density at radius 2 is 1.90 bits per heavy atom. The topological polar surface area (TPSA) is 38.5 Å². The number of nitrogens with two attached hydrogens (primary N) is 1. The average Bonchev–Trinajstić information content (AvgIpc) is 3.01. The van der Waals surface area contributed by atoms with Crippen LogP contribution in [0.15, 0.2) is 24.3 Å². The van der Waals surface area contributed by atoms with Crippen molar-refractivity contribution in [3.63, 3.8) is 0 Å². The molecule has 0 bridgehead atoms. The molecule has 112 valence electrons. The Balaban J connectivity index is 2.02. The largest absolute Gasteiger partial charge is 0.494 e. The van der Waals surface area contributed by atoms with Gasteiger partial charge < -0.3 is 10.5 Å². The molecule has 0 aromatic heterocycles. The summed E-state index contributed by atoms with van der Waals surface area (Å²) in [6.45, 7) is 3.57. The highest BCUT2D eigenvalue weighted by atomic mass is 16.5. The predicted octanol–water partition coefficient (Wildman–Crippen LogP) is 3.35. The van der Waals surface area contributed by atoms with Crippen molar-refractivity contribution >= 4 is 0 Å². The maximum Gasteiger partial charge on any atom is 0.119 e. The van der Waals surface area contributed by atoms with Gasteiger partial charge in [0.1, 0.15) is 5.75 Å². The van der Waals surface area contributed by atoms with Crippen LogP contribution < -0.4 is 10.5 Å². The highest BCUT2D eigenvalue weighted by Crippen LogP contribution is 2.29. The molecule has 1 aliphatic carbocycles. The number of rotatable bonds is 7. The van der Waals surface area contributed by atoms with E-state index < -0.39 is 0 Å². The maximum absolute atomic E-state index is 6.02. The Morgan fingerprint density at radius 1 is 1.25 bits per heavy atom. The Morgan fingerprint density at radius 3 is 2.45 bits per heavy atom. The van der Waals surface area contributed by atoms with Gasteiger partial charge >= 0.3 is 0 Å². The number of benzene rings is 1. The zero-order valence-electron chi connectivity index (χ0n) is 12.8. The van der Waals surface area contributed by atoms with E-state index in [2.05, 4.69) is 43.1 Å². The summed E-state index contributed by atoms with van der Waals surface area (Å²) in [6, 6.07) is 9.46. The summed E-state index contributed by atoms with van der Waals surface area (Å²) in [5.74, 6) is 0.954. The van der Waals surface area contributed by atoms with Gasteiger partial charge in [-0.25, -0.2) is 0 Å². The van der Waals surface area contributed by atoms with Crippen LogP contribution in [0.5, 0.6) is 5.75 Å². The van der Waals surface area contributed by atoms with Gasteiger partial charge in [-0.3, -0.25) is 4.90 Å². The second kappa shape index (κ2) is 7.65. The first-order valence-electron chi connectivity index (χ1n) is 7.91. The summed E-state index contributed by atoms with van der Waals surface area (Å²) in [7, 11) is 2.22. The van der Waals surface area contributed by atoms with Gasteiger partial charge in [0.25, 0.3) is 0 Å². The van der Waals surface area contributed by atoms with Crippen molar-refractivity contribution in [3.8, 4) is 5.75 Å². The predicted molar refractivity (Wildman–Crippen MR) is 84.0 cm³/mol. The number of hydrogen-bond donors (Lipinski definition) is 1. The van der Waals surface area contributed by atoms with E-state index in [9.17, 15) is 0 Å². The standard InChI is InChI=1S/C17H28N2O/c1-3-12-20-16-10-8-14(9-11-16)17(13-18)19(2)15-6-4-5-7-15/h8-11,15,17H,3-7,12-13,18H2,1-2H3. The fourth-order valence-corrected chi connectivity index (χ4v) is 3.11. The fourth-order valence-electron chi connectivity index (χ4n) is 3.11. The molecule has 3 heteroatoms. The third-order valence-corrected chi connectivity index (χ3v) is 4.35. The van der Waals surface area contributed by atoms with Gasteiger partial charge in [0, 0.05) is 18.6 Å². The van der Waals surface area contributed by atoms with Crippen molar-refractivity contribution < 1.29 is 4.74 Å². The molecule has 0 aliphatic heterocycles. The maximum atomic E-state index is 6.02. The normalized spacial score (nSPS) is 17.6. The molecule has 1 aromatic carbocycles. The highest BCUT2D eigenvalue weighted by Gasteiger charge is 2.25. The molecule has 0 amide bonds. The quantitative estimate of drug-likeness (QED) is 0.830. The van der Waals surface area contributed by atoms with E-state index in [1.54, 1.807) is 0 Å². The molecule has 1 fully saturated rings. The Labute approximate surface area is 123 Å². The summed E-state index contributed by atoms with van der Waals surface area (Å²) < 4.78 is 5.64. The van der Waals surface area contributed by atoms with Crippen molar-refractivity contribution in [2.75, 3.05) is 20.2 Å². The first-order chi connectivity index (χ1) is 9.76. The Bertz CT molecular complexity index is 384. The lowest BCUT2D eigenvalue weighted by molar-refractivity contribution is 0.179. The van der Waals surface area contributed by atoms with E-state index in [0.717, 1.165) is 18.8 Å². The first-order valence-corrected chi connectivity index (χ1v) is 7.91. The molecule has 3 nitrogen and oxygen atoms in total. The van der Waals surface area contributed by atoms with Crippen molar-refractivity contribution in [2.24, 2.45) is 5.73 Å². The van der Waals surface area contributed by atoms with Crippen molar-refractivity contribution in [1.82, 2.24) is 4.90 Å². The van der Waals surface area contributed by atoms with Crippen molar-refractivity contribution in [1.29, 1.82) is 0 Å². The number of hydrogen-bond acceptors (Lipinski definition) is 3. The minimum absolute atomic E-state index is 0.318. The van der Waals surface area contributed by atoms with Crippen molar-refractivity contribution in [2.45, 2.75) is 51.1 Å². The lowest BCUT2D eigenvalue weighted by Gasteiger charge is -2.32. The second-order valence-corrected chi connectivity index (χ2v) is 5.77. The fraction of sp³-hybridized carbons (Fsp3) is 0.647. The number of ether oxygens (including phenoxy) is 1. The minimum Gasteiger partial charge on any atom is -0.494 e. The zero-order chi connectivity index (χ0) is 14.4. The molecule has 0 saturated heterocycles. The van der Waals surface area contributed by atoms with E-state index in [1.807, 2.05) is 0 Å². The van der Waals surface area contributed by atoms with Gasteiger partial charge in [-0.2, -0.15) is 0 Å².